The molecule has 6 nitrogen and oxygen atoms in total. The van der Waals surface area contributed by atoms with E-state index in [9.17, 15) is 9.18 Å². The van der Waals surface area contributed by atoms with Gasteiger partial charge in [0.2, 0.25) is 17.6 Å². The smallest absolute Gasteiger partial charge is 0.241 e. The molecular formula is C21H19Cl2FN4O2. The average molecular weight is 449 g/mol. The van der Waals surface area contributed by atoms with Crippen molar-refractivity contribution in [2.24, 2.45) is 5.92 Å². The number of nitrogens with zero attached hydrogens (tertiary/aromatic N) is 3. The van der Waals surface area contributed by atoms with Gasteiger partial charge in [-0.25, -0.2) is 4.39 Å². The molecule has 2 aromatic carbocycles. The molecule has 2 heterocycles. The average Bonchev–Trinajstić information content (AvgIpc) is 3.20. The zero-order chi connectivity index (χ0) is 21.1. The second-order valence-corrected chi connectivity index (χ2v) is 7.97. The van der Waals surface area contributed by atoms with Crippen molar-refractivity contribution in [3.05, 3.63) is 64.2 Å². The molecule has 9 heteroatoms. The molecule has 0 atom stereocenters. The SMILES string of the molecule is O=C(Nc1ccc(F)c(Cl)c1)C1CCN(Cc2nc(-c3ccccc3Cl)no2)CC1. The molecule has 1 aromatic heterocycles. The van der Waals surface area contributed by atoms with Crippen LogP contribution in [-0.4, -0.2) is 34.0 Å². The lowest BCUT2D eigenvalue weighted by molar-refractivity contribution is -0.121. The number of aromatic nitrogens is 2. The third kappa shape index (κ3) is 4.80. The Kier molecular flexibility index (Phi) is 6.32. The number of nitrogens with one attached hydrogen (secondary N) is 1. The number of hydrogen-bond acceptors (Lipinski definition) is 5. The highest BCUT2D eigenvalue weighted by atomic mass is 35.5. The van der Waals surface area contributed by atoms with Crippen molar-refractivity contribution in [3.63, 3.8) is 0 Å². The normalized spacial score (nSPS) is 15.3. The Balaban J connectivity index is 1.30. The quantitative estimate of drug-likeness (QED) is 0.592. The number of carbonyl (C=O) groups excluding carboxylic acids is 1. The molecule has 1 fully saturated rings. The van der Waals surface area contributed by atoms with Crippen LogP contribution in [-0.2, 0) is 11.3 Å². The number of halogens is 3. The summed E-state index contributed by atoms with van der Waals surface area (Å²) in [6, 6.07) is 11.5. The summed E-state index contributed by atoms with van der Waals surface area (Å²) in [5, 5.41) is 7.38. The largest absolute Gasteiger partial charge is 0.338 e. The third-order valence-corrected chi connectivity index (χ3v) is 5.71. The molecule has 1 saturated heterocycles. The van der Waals surface area contributed by atoms with Gasteiger partial charge in [0.15, 0.2) is 0 Å². The first-order chi connectivity index (χ1) is 14.5. The first kappa shape index (κ1) is 20.8. The number of hydrogen-bond donors (Lipinski definition) is 1. The standard InChI is InChI=1S/C21H19Cl2FN4O2/c22-16-4-2-1-3-15(16)20-26-19(30-27-20)12-28-9-7-13(8-10-28)21(29)25-14-5-6-18(24)17(23)11-14/h1-6,11,13H,7-10,12H2,(H,25,29). The van der Waals surface area contributed by atoms with Crippen LogP contribution in [0, 0.1) is 11.7 Å². The molecule has 156 valence electrons. The van der Waals surface area contributed by atoms with Crippen LogP contribution < -0.4 is 5.32 Å². The molecule has 0 radical (unpaired) electrons. The summed E-state index contributed by atoms with van der Waals surface area (Å²) < 4.78 is 18.6. The number of likely N-dealkylation sites (tertiary alicyclic amines) is 1. The minimum Gasteiger partial charge on any atom is -0.338 e. The molecule has 0 aliphatic carbocycles. The second kappa shape index (κ2) is 9.12. The van der Waals surface area contributed by atoms with Crippen LogP contribution in [0.5, 0.6) is 0 Å². The van der Waals surface area contributed by atoms with Crippen molar-refractivity contribution >= 4 is 34.8 Å². The highest BCUT2D eigenvalue weighted by Gasteiger charge is 2.26. The van der Waals surface area contributed by atoms with E-state index in [-0.39, 0.29) is 16.8 Å². The summed E-state index contributed by atoms with van der Waals surface area (Å²) in [7, 11) is 0. The van der Waals surface area contributed by atoms with Crippen LogP contribution in [0.3, 0.4) is 0 Å². The van der Waals surface area contributed by atoms with Gasteiger partial charge in [0, 0.05) is 17.2 Å². The maximum atomic E-state index is 13.3. The van der Waals surface area contributed by atoms with E-state index in [2.05, 4.69) is 20.4 Å². The van der Waals surface area contributed by atoms with E-state index in [1.807, 2.05) is 18.2 Å². The molecule has 0 saturated carbocycles. The first-order valence-electron chi connectivity index (χ1n) is 9.55. The fourth-order valence-electron chi connectivity index (χ4n) is 3.43. The molecule has 0 bridgehead atoms. The Morgan fingerprint density at radius 1 is 1.17 bits per heavy atom. The highest BCUT2D eigenvalue weighted by molar-refractivity contribution is 6.33. The monoisotopic (exact) mass is 448 g/mol. The maximum absolute atomic E-state index is 13.3. The Labute approximate surface area is 183 Å². The van der Waals surface area contributed by atoms with E-state index >= 15 is 0 Å². The zero-order valence-corrected chi connectivity index (χ0v) is 17.5. The Morgan fingerprint density at radius 2 is 1.93 bits per heavy atom. The zero-order valence-electron chi connectivity index (χ0n) is 15.9. The van der Waals surface area contributed by atoms with E-state index in [1.54, 1.807) is 6.07 Å². The summed E-state index contributed by atoms with van der Waals surface area (Å²) in [5.41, 5.74) is 1.22. The van der Waals surface area contributed by atoms with Crippen molar-refractivity contribution in [1.82, 2.24) is 15.0 Å². The van der Waals surface area contributed by atoms with E-state index in [1.165, 1.54) is 18.2 Å². The number of amides is 1. The number of anilines is 1. The lowest BCUT2D eigenvalue weighted by atomic mass is 9.96. The molecule has 1 N–H and O–H groups in total. The van der Waals surface area contributed by atoms with Crippen molar-refractivity contribution in [1.29, 1.82) is 0 Å². The minimum atomic E-state index is -0.512. The van der Waals surface area contributed by atoms with Crippen molar-refractivity contribution in [3.8, 4) is 11.4 Å². The van der Waals surface area contributed by atoms with Gasteiger partial charge in [-0.15, -0.1) is 0 Å². The Hall–Kier alpha value is -2.48. The summed E-state index contributed by atoms with van der Waals surface area (Å²) in [5.74, 6) is 0.251. The lowest BCUT2D eigenvalue weighted by Gasteiger charge is -2.30. The van der Waals surface area contributed by atoms with Crippen LogP contribution >= 0.6 is 23.2 Å². The van der Waals surface area contributed by atoms with E-state index in [0.29, 0.717) is 41.8 Å². The molecule has 0 spiro atoms. The van der Waals surface area contributed by atoms with Gasteiger partial charge in [-0.3, -0.25) is 9.69 Å². The van der Waals surface area contributed by atoms with Crippen LogP contribution in [0.15, 0.2) is 47.0 Å². The summed E-state index contributed by atoms with van der Waals surface area (Å²) >= 11 is 12.0. The number of carbonyl (C=O) groups is 1. The molecule has 1 amide bonds. The van der Waals surface area contributed by atoms with Gasteiger partial charge >= 0.3 is 0 Å². The van der Waals surface area contributed by atoms with Gasteiger partial charge in [-0.2, -0.15) is 4.98 Å². The predicted octanol–water partition coefficient (Wildman–Crippen LogP) is 5.03. The fraction of sp³-hybridized carbons (Fsp3) is 0.286. The Bertz CT molecular complexity index is 1050. The Morgan fingerprint density at radius 3 is 2.67 bits per heavy atom. The van der Waals surface area contributed by atoms with Crippen LogP contribution in [0.2, 0.25) is 10.0 Å². The van der Waals surface area contributed by atoms with Gasteiger partial charge in [0.05, 0.1) is 16.6 Å². The van der Waals surface area contributed by atoms with Gasteiger partial charge in [-0.1, -0.05) is 40.5 Å². The maximum Gasteiger partial charge on any atom is 0.241 e. The van der Waals surface area contributed by atoms with Crippen molar-refractivity contribution < 1.29 is 13.7 Å². The molecule has 1 aliphatic heterocycles. The molecule has 1 aliphatic rings. The van der Waals surface area contributed by atoms with Gasteiger partial charge in [0.25, 0.3) is 0 Å². The van der Waals surface area contributed by atoms with Gasteiger partial charge in [-0.05, 0) is 56.3 Å². The van der Waals surface area contributed by atoms with Crippen LogP contribution in [0.4, 0.5) is 10.1 Å². The van der Waals surface area contributed by atoms with E-state index in [4.69, 9.17) is 27.7 Å². The third-order valence-electron chi connectivity index (χ3n) is 5.09. The van der Waals surface area contributed by atoms with Crippen LogP contribution in [0.1, 0.15) is 18.7 Å². The summed E-state index contributed by atoms with van der Waals surface area (Å²) in [6.45, 7) is 1.97. The lowest BCUT2D eigenvalue weighted by Crippen LogP contribution is -2.37. The van der Waals surface area contributed by atoms with Gasteiger partial charge in [0.1, 0.15) is 5.82 Å². The van der Waals surface area contributed by atoms with Crippen LogP contribution in [0.25, 0.3) is 11.4 Å². The molecule has 3 aromatic rings. The molecule has 30 heavy (non-hydrogen) atoms. The second-order valence-electron chi connectivity index (χ2n) is 7.16. The molecule has 4 rings (SSSR count). The van der Waals surface area contributed by atoms with E-state index < -0.39 is 5.82 Å². The van der Waals surface area contributed by atoms with Crippen molar-refractivity contribution in [2.45, 2.75) is 19.4 Å². The predicted molar refractivity (Wildman–Crippen MR) is 113 cm³/mol. The minimum absolute atomic E-state index is 0.0154. The van der Waals surface area contributed by atoms with Crippen molar-refractivity contribution in [2.75, 3.05) is 18.4 Å². The molecular weight excluding hydrogens is 430 g/mol. The van der Waals surface area contributed by atoms with E-state index in [0.717, 1.165) is 18.7 Å². The number of rotatable bonds is 5. The fourth-order valence-corrected chi connectivity index (χ4v) is 3.83. The molecule has 0 unspecified atom stereocenters. The highest BCUT2D eigenvalue weighted by Crippen LogP contribution is 2.26. The number of benzene rings is 2. The first-order valence-corrected chi connectivity index (χ1v) is 10.3. The number of piperidine rings is 1. The summed E-state index contributed by atoms with van der Waals surface area (Å²) in [4.78, 5) is 19.1. The summed E-state index contributed by atoms with van der Waals surface area (Å²) in [6.07, 6.45) is 1.40. The van der Waals surface area contributed by atoms with Gasteiger partial charge < -0.3 is 9.84 Å². The topological polar surface area (TPSA) is 71.3 Å².